The van der Waals surface area contributed by atoms with E-state index in [0.717, 1.165) is 42.8 Å². The third-order valence-corrected chi connectivity index (χ3v) is 6.04. The number of imidazole rings is 1. The molecule has 2 aromatic heterocycles. The van der Waals surface area contributed by atoms with Crippen molar-refractivity contribution in [3.05, 3.63) is 65.3 Å². The topological polar surface area (TPSA) is 67.2 Å². The van der Waals surface area contributed by atoms with Crippen LogP contribution < -0.4 is 4.74 Å². The number of rotatable bonds is 5. The van der Waals surface area contributed by atoms with E-state index < -0.39 is 5.82 Å². The van der Waals surface area contributed by atoms with Crippen molar-refractivity contribution in [1.82, 2.24) is 19.9 Å². The van der Waals surface area contributed by atoms with E-state index in [1.807, 2.05) is 6.92 Å². The molecule has 166 valence electrons. The fourth-order valence-corrected chi connectivity index (χ4v) is 4.33. The molecular weight excluding hydrogens is 414 g/mol. The Labute approximate surface area is 184 Å². The number of halogens is 2. The highest BCUT2D eigenvalue weighted by molar-refractivity contribution is 5.75. The van der Waals surface area contributed by atoms with E-state index in [9.17, 15) is 8.78 Å². The van der Waals surface area contributed by atoms with Gasteiger partial charge in [0.15, 0.2) is 0 Å². The van der Waals surface area contributed by atoms with Crippen molar-refractivity contribution in [2.45, 2.75) is 38.8 Å². The van der Waals surface area contributed by atoms with E-state index in [1.54, 1.807) is 18.2 Å². The number of nitrogens with one attached hydrogen (secondary N) is 1. The Bertz CT molecular complexity index is 1270. The number of nitrogens with zero attached hydrogens (tertiary/aromatic N) is 3. The first-order chi connectivity index (χ1) is 15.5. The number of aromatic amines is 1. The van der Waals surface area contributed by atoms with E-state index >= 15 is 0 Å². The summed E-state index contributed by atoms with van der Waals surface area (Å²) in [6.07, 6.45) is 3.10. The molecule has 0 radical (unpaired) electrons. The van der Waals surface area contributed by atoms with Crippen LogP contribution in [0.5, 0.6) is 5.75 Å². The average Bonchev–Trinajstić information content (AvgIpc) is 3.37. The summed E-state index contributed by atoms with van der Waals surface area (Å²) < 4.78 is 39.0. The maximum atomic E-state index is 14.4. The molecule has 0 amide bonds. The zero-order chi connectivity index (χ0) is 22.2. The average molecular weight is 438 g/mol. The Morgan fingerprint density at radius 3 is 2.88 bits per heavy atom. The van der Waals surface area contributed by atoms with Gasteiger partial charge >= 0.3 is 0 Å². The number of methoxy groups -OCH3 is 1. The molecule has 0 spiro atoms. The molecule has 32 heavy (non-hydrogen) atoms. The molecule has 1 N–H and O–H groups in total. The van der Waals surface area contributed by atoms with Crippen molar-refractivity contribution in [2.24, 2.45) is 0 Å². The minimum Gasteiger partial charge on any atom is -0.497 e. The number of H-pyrrole nitrogens is 1. The molecule has 0 aliphatic carbocycles. The molecule has 3 heterocycles. The maximum Gasteiger partial charge on any atom is 0.229 e. The van der Waals surface area contributed by atoms with Crippen LogP contribution >= 0.6 is 0 Å². The van der Waals surface area contributed by atoms with Crippen molar-refractivity contribution in [3.63, 3.8) is 0 Å². The summed E-state index contributed by atoms with van der Waals surface area (Å²) in [7, 11) is 1.53. The van der Waals surface area contributed by atoms with Crippen molar-refractivity contribution < 1.29 is 17.9 Å². The summed E-state index contributed by atoms with van der Waals surface area (Å²) >= 11 is 0. The van der Waals surface area contributed by atoms with Gasteiger partial charge in [-0.15, -0.1) is 0 Å². The van der Waals surface area contributed by atoms with Crippen LogP contribution in [-0.4, -0.2) is 33.5 Å². The molecule has 1 saturated heterocycles. The minimum atomic E-state index is -0.413. The van der Waals surface area contributed by atoms with Crippen LogP contribution in [-0.2, 0) is 6.54 Å². The normalized spacial score (nSPS) is 17.2. The Morgan fingerprint density at radius 1 is 1.16 bits per heavy atom. The van der Waals surface area contributed by atoms with Crippen LogP contribution in [0.2, 0.25) is 0 Å². The van der Waals surface area contributed by atoms with E-state index in [2.05, 4.69) is 14.9 Å². The zero-order valence-corrected chi connectivity index (χ0v) is 18.0. The monoisotopic (exact) mass is 438 g/mol. The van der Waals surface area contributed by atoms with Gasteiger partial charge in [-0.1, -0.05) is 6.42 Å². The minimum absolute atomic E-state index is 0.0623. The van der Waals surface area contributed by atoms with Crippen LogP contribution in [0, 0.1) is 18.6 Å². The molecule has 0 bridgehead atoms. The smallest absolute Gasteiger partial charge is 0.229 e. The molecule has 2 aromatic carbocycles. The molecule has 1 atom stereocenters. The van der Waals surface area contributed by atoms with Gasteiger partial charge in [-0.3, -0.25) is 4.90 Å². The molecule has 8 heteroatoms. The number of oxazole rings is 1. The first-order valence-electron chi connectivity index (χ1n) is 10.7. The van der Waals surface area contributed by atoms with E-state index in [4.69, 9.17) is 14.1 Å². The van der Waals surface area contributed by atoms with Gasteiger partial charge in [0.1, 0.15) is 29.0 Å². The number of benzene rings is 2. The zero-order valence-electron chi connectivity index (χ0n) is 18.0. The predicted molar refractivity (Wildman–Crippen MR) is 116 cm³/mol. The molecule has 0 unspecified atom stereocenters. The quantitative estimate of drug-likeness (QED) is 0.443. The number of fused-ring (bicyclic) bond motifs is 1. The third-order valence-electron chi connectivity index (χ3n) is 6.04. The summed E-state index contributed by atoms with van der Waals surface area (Å²) in [5.41, 5.74) is 2.48. The fraction of sp³-hybridized carbons (Fsp3) is 0.333. The van der Waals surface area contributed by atoms with Crippen molar-refractivity contribution in [3.8, 4) is 17.2 Å². The van der Waals surface area contributed by atoms with Gasteiger partial charge in [-0.2, -0.15) is 0 Å². The van der Waals surface area contributed by atoms with Crippen molar-refractivity contribution in [2.75, 3.05) is 13.7 Å². The first-order valence-corrected chi connectivity index (χ1v) is 10.7. The summed E-state index contributed by atoms with van der Waals surface area (Å²) in [6, 6.07) is 9.13. The standard InChI is InChI=1S/C24H24F2N4O2/c1-14-21(29-24(32-14)17-12-16(31-2)7-8-18(17)26)13-30-10-4-3-5-22(30)23-27-19-9-6-15(25)11-20(19)28-23/h6-9,11-12,22H,3-5,10,13H2,1-2H3,(H,27,28)/t22-/m0/s1. The van der Waals surface area contributed by atoms with Gasteiger partial charge in [0.25, 0.3) is 0 Å². The number of ether oxygens (including phenoxy) is 1. The summed E-state index contributed by atoms with van der Waals surface area (Å²) in [6.45, 7) is 3.27. The molecular formula is C24H24F2N4O2. The van der Waals surface area contributed by atoms with Crippen LogP contribution in [0.25, 0.3) is 22.5 Å². The summed E-state index contributed by atoms with van der Waals surface area (Å²) in [5.74, 6) is 1.55. The second kappa shape index (κ2) is 8.35. The highest BCUT2D eigenvalue weighted by Crippen LogP contribution is 2.34. The second-order valence-corrected chi connectivity index (χ2v) is 8.13. The number of likely N-dealkylation sites (tertiary alicyclic amines) is 1. The Morgan fingerprint density at radius 2 is 2.03 bits per heavy atom. The number of piperidine rings is 1. The van der Waals surface area contributed by atoms with Crippen LogP contribution in [0.3, 0.4) is 0 Å². The predicted octanol–water partition coefficient (Wildman–Crippen LogP) is 5.54. The number of aromatic nitrogens is 3. The maximum absolute atomic E-state index is 14.4. The van der Waals surface area contributed by atoms with Gasteiger partial charge in [0, 0.05) is 6.54 Å². The molecule has 4 aromatic rings. The largest absolute Gasteiger partial charge is 0.497 e. The lowest BCUT2D eigenvalue weighted by atomic mass is 10.0. The lowest BCUT2D eigenvalue weighted by molar-refractivity contribution is 0.132. The van der Waals surface area contributed by atoms with Gasteiger partial charge < -0.3 is 14.1 Å². The molecule has 1 aliphatic rings. The van der Waals surface area contributed by atoms with Crippen LogP contribution in [0.15, 0.2) is 40.8 Å². The van der Waals surface area contributed by atoms with Gasteiger partial charge in [-0.25, -0.2) is 18.7 Å². The molecule has 1 aliphatic heterocycles. The Kier molecular flexibility index (Phi) is 5.38. The van der Waals surface area contributed by atoms with Crippen LogP contribution in [0.4, 0.5) is 8.78 Å². The van der Waals surface area contributed by atoms with E-state index in [0.29, 0.717) is 23.6 Å². The number of hydrogen-bond donors (Lipinski definition) is 1. The highest BCUT2D eigenvalue weighted by Gasteiger charge is 2.28. The third kappa shape index (κ3) is 3.86. The first kappa shape index (κ1) is 20.6. The summed E-state index contributed by atoms with van der Waals surface area (Å²) in [4.78, 5) is 14.9. The second-order valence-electron chi connectivity index (χ2n) is 8.13. The number of aryl methyl sites for hydroxylation is 1. The van der Waals surface area contributed by atoms with Crippen molar-refractivity contribution >= 4 is 11.0 Å². The molecule has 0 saturated carbocycles. The van der Waals surface area contributed by atoms with Gasteiger partial charge in [-0.05, 0) is 62.7 Å². The lowest BCUT2D eigenvalue weighted by Crippen LogP contribution is -2.33. The molecule has 5 rings (SSSR count). The van der Waals surface area contributed by atoms with Gasteiger partial charge in [0.05, 0.1) is 35.4 Å². The highest BCUT2D eigenvalue weighted by atomic mass is 19.1. The summed E-state index contributed by atoms with van der Waals surface area (Å²) in [5, 5.41) is 0. The lowest BCUT2D eigenvalue weighted by Gasteiger charge is -2.34. The fourth-order valence-electron chi connectivity index (χ4n) is 4.33. The molecule has 6 nitrogen and oxygen atoms in total. The Balaban J connectivity index is 1.43. The van der Waals surface area contributed by atoms with Crippen molar-refractivity contribution in [1.29, 1.82) is 0 Å². The van der Waals surface area contributed by atoms with Gasteiger partial charge in [0.2, 0.25) is 5.89 Å². The van der Waals surface area contributed by atoms with E-state index in [-0.39, 0.29) is 23.3 Å². The molecule has 1 fully saturated rings. The number of hydrogen-bond acceptors (Lipinski definition) is 5. The van der Waals surface area contributed by atoms with Crippen LogP contribution in [0.1, 0.15) is 42.6 Å². The van der Waals surface area contributed by atoms with E-state index in [1.165, 1.54) is 25.3 Å². The Hall–Kier alpha value is -3.26. The SMILES string of the molecule is COc1ccc(F)c(-c2nc(CN3CCCC[C@H]3c3nc4ccc(F)cc4[nH]3)c(C)o2)c1.